The maximum atomic E-state index is 13.8. The van der Waals surface area contributed by atoms with Crippen LogP contribution in [0.15, 0.2) is 36.4 Å². The van der Waals surface area contributed by atoms with Gasteiger partial charge in [-0.25, -0.2) is 0 Å². The van der Waals surface area contributed by atoms with Crippen molar-refractivity contribution in [2.24, 2.45) is 5.73 Å². The van der Waals surface area contributed by atoms with Crippen LogP contribution < -0.4 is 16.4 Å². The molecule has 1 fully saturated rings. The third-order valence-electron chi connectivity index (χ3n) is 7.43. The van der Waals surface area contributed by atoms with Crippen molar-refractivity contribution in [1.29, 1.82) is 0 Å². The summed E-state index contributed by atoms with van der Waals surface area (Å²) in [5.41, 5.74) is 3.75. The van der Waals surface area contributed by atoms with E-state index in [1.807, 2.05) is 0 Å². The van der Waals surface area contributed by atoms with Gasteiger partial charge in [0.2, 0.25) is 0 Å². The van der Waals surface area contributed by atoms with Crippen molar-refractivity contribution in [2.75, 3.05) is 23.7 Å². The van der Waals surface area contributed by atoms with Gasteiger partial charge in [0.25, 0.3) is 0 Å². The Bertz CT molecular complexity index is 1560. The number of hydrogen-bond donors (Lipinski definition) is 6. The number of fused-ring (bicyclic) bond motifs is 4. The fourth-order valence-corrected chi connectivity index (χ4v) is 5.77. The summed E-state index contributed by atoms with van der Waals surface area (Å²) < 4.78 is 6.16. The number of phenols is 1. The minimum absolute atomic E-state index is 0.0382. The van der Waals surface area contributed by atoms with Gasteiger partial charge in [-0.3, -0.25) is 9.59 Å². The molecule has 6 rings (SSSR count). The van der Waals surface area contributed by atoms with Gasteiger partial charge in [0.05, 0.1) is 22.9 Å². The van der Waals surface area contributed by atoms with Crippen molar-refractivity contribution < 1.29 is 29.6 Å². The summed E-state index contributed by atoms with van der Waals surface area (Å²) in [5, 5.41) is 39.4. The smallest absolute Gasteiger partial charge is 0.198 e. The van der Waals surface area contributed by atoms with Gasteiger partial charge in [-0.1, -0.05) is 23.7 Å². The number of carbonyl (C=O) groups is 2. The average molecular weight is 498 g/mol. The molecule has 1 saturated heterocycles. The Hall–Kier alpha value is -4.12. The number of benzene rings is 2. The van der Waals surface area contributed by atoms with Crippen molar-refractivity contribution in [3.63, 3.8) is 0 Å². The molecule has 9 heteroatoms. The van der Waals surface area contributed by atoms with Crippen LogP contribution in [0.3, 0.4) is 0 Å². The first-order chi connectivity index (χ1) is 17.8. The maximum absolute atomic E-state index is 13.8. The van der Waals surface area contributed by atoms with Crippen LogP contribution in [0.5, 0.6) is 5.75 Å². The normalized spacial score (nSPS) is 29.4. The Morgan fingerprint density at radius 3 is 2.59 bits per heavy atom. The van der Waals surface area contributed by atoms with E-state index in [1.165, 1.54) is 25.1 Å². The molecule has 0 aromatic heterocycles. The van der Waals surface area contributed by atoms with Gasteiger partial charge in [0, 0.05) is 35.5 Å². The van der Waals surface area contributed by atoms with Gasteiger partial charge in [-0.2, -0.15) is 0 Å². The van der Waals surface area contributed by atoms with E-state index in [4.69, 9.17) is 10.5 Å². The number of ether oxygens (including phenoxy) is 1. The number of aromatic hydroxyl groups is 1. The van der Waals surface area contributed by atoms with E-state index in [1.54, 1.807) is 18.2 Å². The zero-order chi connectivity index (χ0) is 26.1. The molecule has 7 N–H and O–H groups in total. The lowest BCUT2D eigenvalue weighted by atomic mass is 9.69. The van der Waals surface area contributed by atoms with Gasteiger partial charge in [0.15, 0.2) is 28.9 Å². The van der Waals surface area contributed by atoms with Gasteiger partial charge in [0.1, 0.15) is 11.8 Å². The van der Waals surface area contributed by atoms with Crippen LogP contribution >= 0.6 is 0 Å². The highest BCUT2D eigenvalue weighted by Gasteiger charge is 2.82. The number of nitrogens with two attached hydrogens (primary N) is 1. The molecule has 0 saturated carbocycles. The Morgan fingerprint density at radius 1 is 1.14 bits per heavy atom. The number of aliphatic hydroxyl groups excluding tert-OH is 2. The van der Waals surface area contributed by atoms with E-state index in [2.05, 4.69) is 34.3 Å². The number of ketones is 2. The second-order valence-corrected chi connectivity index (χ2v) is 9.40. The fraction of sp³-hybridized carbons (Fsp3) is 0.286. The number of carbonyl (C=O) groups excluding carboxylic acids is 2. The molecule has 2 aromatic carbocycles. The number of rotatable bonds is 4. The van der Waals surface area contributed by atoms with Crippen molar-refractivity contribution >= 4 is 22.9 Å². The number of hydrogen-bond acceptors (Lipinski definition) is 9. The Balaban J connectivity index is 1.59. The summed E-state index contributed by atoms with van der Waals surface area (Å²) in [4.78, 5) is 27.5. The van der Waals surface area contributed by atoms with E-state index in [9.17, 15) is 24.9 Å². The summed E-state index contributed by atoms with van der Waals surface area (Å²) in [6.07, 6.45) is 0.463. The summed E-state index contributed by atoms with van der Waals surface area (Å²) in [7, 11) is 0. The molecule has 2 bridgehead atoms. The standard InChI is InChI=1S/C28H23N3O6/c1-14(32)27-20-6-4-2-3-5-7-21(34)28(27,37-27)18-13-19(33)22-23(24(18)31-20)25(35)16-9-8-15(30-11-10-29)12-17(16)26(22)36/h2-3,8-9,12-14,20-21,30-34H,10-11,29H2,1H3/b3-2-/t14-,20+,21-,27+,28+/m1/s1. The second kappa shape index (κ2) is 7.94. The lowest BCUT2D eigenvalue weighted by molar-refractivity contribution is 0.0867. The largest absolute Gasteiger partial charge is 0.507 e. The van der Waals surface area contributed by atoms with E-state index < -0.39 is 46.8 Å². The molecule has 0 amide bonds. The van der Waals surface area contributed by atoms with Crippen molar-refractivity contribution in [2.45, 2.75) is 36.4 Å². The number of anilines is 2. The molecule has 4 aliphatic rings. The SMILES string of the molecule is C[C@@H](O)[C@@]12O[C@]13c1cc(O)c4c(c1N[C@H]2C#C/C=C\C#C[C@H]3O)C(=O)c1ccc(NCCN)cc1C4=O. The summed E-state index contributed by atoms with van der Waals surface area (Å²) in [5.74, 6) is 9.83. The van der Waals surface area contributed by atoms with Crippen molar-refractivity contribution in [3.05, 3.63) is 64.2 Å². The Kier molecular flexibility index (Phi) is 5.00. The van der Waals surface area contributed by atoms with E-state index >= 15 is 0 Å². The van der Waals surface area contributed by atoms with Crippen LogP contribution in [0, 0.1) is 23.7 Å². The molecule has 0 radical (unpaired) electrons. The zero-order valence-electron chi connectivity index (χ0n) is 19.8. The molecule has 9 nitrogen and oxygen atoms in total. The topological polar surface area (TPSA) is 157 Å². The summed E-state index contributed by atoms with van der Waals surface area (Å²) in [6, 6.07) is 5.24. The lowest BCUT2D eigenvalue weighted by Gasteiger charge is -2.37. The van der Waals surface area contributed by atoms with E-state index in [0.717, 1.165) is 0 Å². The molecule has 5 atom stereocenters. The van der Waals surface area contributed by atoms with Crippen LogP contribution in [0.1, 0.15) is 44.3 Å². The fourth-order valence-electron chi connectivity index (χ4n) is 5.77. The van der Waals surface area contributed by atoms with Crippen molar-refractivity contribution in [1.82, 2.24) is 0 Å². The molecule has 2 aliphatic carbocycles. The van der Waals surface area contributed by atoms with E-state index in [0.29, 0.717) is 18.8 Å². The zero-order valence-corrected chi connectivity index (χ0v) is 19.8. The predicted molar refractivity (Wildman–Crippen MR) is 134 cm³/mol. The summed E-state index contributed by atoms with van der Waals surface area (Å²) in [6.45, 7) is 2.39. The monoisotopic (exact) mass is 497 g/mol. The number of epoxide rings is 1. The number of aliphatic hydroxyl groups is 2. The molecule has 2 heterocycles. The number of allylic oxidation sites excluding steroid dienone is 2. The van der Waals surface area contributed by atoms with E-state index in [-0.39, 0.29) is 33.5 Å². The Labute approximate surface area is 212 Å². The number of phenolic OH excluding ortho intramolecular Hbond substituents is 1. The molecule has 0 unspecified atom stereocenters. The summed E-state index contributed by atoms with van der Waals surface area (Å²) >= 11 is 0. The lowest BCUT2D eigenvalue weighted by Crippen LogP contribution is -2.54. The molecule has 186 valence electrons. The minimum atomic E-state index is -1.59. The number of nitrogens with one attached hydrogen (secondary N) is 2. The average Bonchev–Trinajstić information content (AvgIpc) is 3.61. The maximum Gasteiger partial charge on any atom is 0.198 e. The van der Waals surface area contributed by atoms with Gasteiger partial charge >= 0.3 is 0 Å². The molecular formula is C28H23N3O6. The highest BCUT2D eigenvalue weighted by molar-refractivity contribution is 6.31. The van der Waals surface area contributed by atoms with Gasteiger partial charge in [-0.15, -0.1) is 0 Å². The van der Waals surface area contributed by atoms with Crippen molar-refractivity contribution in [3.8, 4) is 29.4 Å². The molecular weight excluding hydrogens is 474 g/mol. The van der Waals surface area contributed by atoms with Crippen LogP contribution in [-0.2, 0) is 10.3 Å². The minimum Gasteiger partial charge on any atom is -0.507 e. The molecule has 2 aliphatic heterocycles. The van der Waals surface area contributed by atoms with Crippen LogP contribution in [0.2, 0.25) is 0 Å². The first-order valence-corrected chi connectivity index (χ1v) is 11.9. The van der Waals surface area contributed by atoms with Crippen LogP contribution in [0.4, 0.5) is 11.4 Å². The molecule has 37 heavy (non-hydrogen) atoms. The quantitative estimate of drug-likeness (QED) is 0.173. The predicted octanol–water partition coefficient (Wildman–Crippen LogP) is 0.615. The first kappa shape index (κ1) is 23.3. The molecule has 0 spiro atoms. The van der Waals surface area contributed by atoms with Gasteiger partial charge < -0.3 is 36.4 Å². The molecule has 2 aromatic rings. The first-order valence-electron chi connectivity index (χ1n) is 11.9. The third-order valence-corrected chi connectivity index (χ3v) is 7.43. The Morgan fingerprint density at radius 2 is 1.86 bits per heavy atom. The highest BCUT2D eigenvalue weighted by Crippen LogP contribution is 2.67. The van der Waals surface area contributed by atoms with Gasteiger partial charge in [-0.05, 0) is 43.3 Å². The third kappa shape index (κ3) is 2.91. The van der Waals surface area contributed by atoms with Crippen LogP contribution in [-0.4, -0.2) is 63.8 Å². The highest BCUT2D eigenvalue weighted by atomic mass is 16.7. The second-order valence-electron chi connectivity index (χ2n) is 9.40. The van der Waals surface area contributed by atoms with Crippen LogP contribution in [0.25, 0.3) is 0 Å².